The number of nitrogens with one attached hydrogen (secondary N) is 1. The van der Waals surface area contributed by atoms with Crippen molar-refractivity contribution in [1.82, 2.24) is 5.32 Å². The Labute approximate surface area is 114 Å². The third-order valence-electron chi connectivity index (χ3n) is 4.08. The van der Waals surface area contributed by atoms with Gasteiger partial charge in [0, 0.05) is 6.04 Å². The second-order valence-electron chi connectivity index (χ2n) is 5.56. The molecule has 1 fully saturated rings. The number of halogens is 2. The van der Waals surface area contributed by atoms with Crippen molar-refractivity contribution in [2.24, 2.45) is 5.92 Å². The molecule has 3 heteroatoms. The zero-order valence-corrected chi connectivity index (χ0v) is 11.6. The molecule has 0 radical (unpaired) electrons. The van der Waals surface area contributed by atoms with Crippen LogP contribution in [0.5, 0.6) is 0 Å². The van der Waals surface area contributed by atoms with Gasteiger partial charge in [0.15, 0.2) is 11.6 Å². The third-order valence-corrected chi connectivity index (χ3v) is 4.08. The van der Waals surface area contributed by atoms with Gasteiger partial charge in [-0.3, -0.25) is 0 Å². The lowest BCUT2D eigenvalue weighted by molar-refractivity contribution is 0.384. The van der Waals surface area contributed by atoms with E-state index in [4.69, 9.17) is 0 Å². The van der Waals surface area contributed by atoms with E-state index in [2.05, 4.69) is 12.2 Å². The van der Waals surface area contributed by atoms with Crippen LogP contribution in [-0.4, -0.2) is 12.6 Å². The molecule has 0 saturated heterocycles. The van der Waals surface area contributed by atoms with Gasteiger partial charge in [-0.2, -0.15) is 0 Å². The number of likely N-dealkylation sites (N-methyl/N-ethyl adjacent to an activating group) is 1. The van der Waals surface area contributed by atoms with Gasteiger partial charge < -0.3 is 5.32 Å². The molecule has 0 spiro atoms. The Kier molecular flexibility index (Phi) is 5.32. The molecule has 106 valence electrons. The first-order chi connectivity index (χ1) is 9.20. The SMILES string of the molecule is CCNC(Cc1cccc(F)c1F)CC1CCCC1. The van der Waals surface area contributed by atoms with Crippen molar-refractivity contribution >= 4 is 0 Å². The van der Waals surface area contributed by atoms with Crippen LogP contribution in [0.4, 0.5) is 8.78 Å². The average Bonchev–Trinajstić information content (AvgIpc) is 2.88. The van der Waals surface area contributed by atoms with Crippen molar-refractivity contribution in [1.29, 1.82) is 0 Å². The molecule has 1 aromatic rings. The van der Waals surface area contributed by atoms with Crippen LogP contribution in [0.3, 0.4) is 0 Å². The minimum absolute atomic E-state index is 0.254. The molecule has 1 aromatic carbocycles. The van der Waals surface area contributed by atoms with Gasteiger partial charge in [0.1, 0.15) is 0 Å². The molecule has 1 atom stereocenters. The summed E-state index contributed by atoms with van der Waals surface area (Å²) >= 11 is 0. The van der Waals surface area contributed by atoms with Gasteiger partial charge in [-0.15, -0.1) is 0 Å². The summed E-state index contributed by atoms with van der Waals surface area (Å²) in [5.74, 6) is -0.675. The Bertz CT molecular complexity index is 400. The standard InChI is InChI=1S/C16H23F2N/c1-2-19-14(10-12-6-3-4-7-12)11-13-8-5-9-15(17)16(13)18/h5,8-9,12,14,19H,2-4,6-7,10-11H2,1H3. The van der Waals surface area contributed by atoms with Gasteiger partial charge in [0.25, 0.3) is 0 Å². The predicted molar refractivity (Wildman–Crippen MR) is 74.1 cm³/mol. The Balaban J connectivity index is 2.00. The van der Waals surface area contributed by atoms with Crippen LogP contribution in [0, 0.1) is 17.6 Å². The quantitative estimate of drug-likeness (QED) is 0.819. The van der Waals surface area contributed by atoms with E-state index >= 15 is 0 Å². The number of benzene rings is 1. The van der Waals surface area contributed by atoms with Crippen molar-refractivity contribution < 1.29 is 8.78 Å². The molecule has 0 bridgehead atoms. The molecule has 0 heterocycles. The van der Waals surface area contributed by atoms with Gasteiger partial charge in [-0.25, -0.2) is 8.78 Å². The van der Waals surface area contributed by atoms with E-state index in [-0.39, 0.29) is 6.04 Å². The van der Waals surface area contributed by atoms with Crippen molar-refractivity contribution in [2.45, 2.75) is 51.5 Å². The minimum Gasteiger partial charge on any atom is -0.314 e. The molecule has 1 unspecified atom stereocenters. The molecule has 19 heavy (non-hydrogen) atoms. The Morgan fingerprint density at radius 2 is 2.00 bits per heavy atom. The molecule has 0 aliphatic heterocycles. The highest BCUT2D eigenvalue weighted by atomic mass is 19.2. The first kappa shape index (κ1) is 14.4. The van der Waals surface area contributed by atoms with Crippen LogP contribution < -0.4 is 5.32 Å². The fraction of sp³-hybridized carbons (Fsp3) is 0.625. The van der Waals surface area contributed by atoms with Crippen LogP contribution >= 0.6 is 0 Å². The predicted octanol–water partition coefficient (Wildman–Crippen LogP) is 4.07. The van der Waals surface area contributed by atoms with Crippen LogP contribution in [0.25, 0.3) is 0 Å². The van der Waals surface area contributed by atoms with Gasteiger partial charge >= 0.3 is 0 Å². The third kappa shape index (κ3) is 4.00. The molecular formula is C16H23F2N. The van der Waals surface area contributed by atoms with E-state index in [1.54, 1.807) is 12.1 Å². The van der Waals surface area contributed by atoms with E-state index in [9.17, 15) is 8.78 Å². The van der Waals surface area contributed by atoms with E-state index in [1.807, 2.05) is 0 Å². The molecule has 1 saturated carbocycles. The van der Waals surface area contributed by atoms with Gasteiger partial charge in [-0.05, 0) is 36.9 Å². The molecule has 1 nitrogen and oxygen atoms in total. The molecule has 0 aromatic heterocycles. The monoisotopic (exact) mass is 267 g/mol. The van der Waals surface area contributed by atoms with Crippen molar-refractivity contribution in [3.63, 3.8) is 0 Å². The van der Waals surface area contributed by atoms with Gasteiger partial charge in [0.2, 0.25) is 0 Å². The summed E-state index contributed by atoms with van der Waals surface area (Å²) in [7, 11) is 0. The molecule has 0 amide bonds. The number of rotatable bonds is 6. The largest absolute Gasteiger partial charge is 0.314 e. The van der Waals surface area contributed by atoms with Crippen LogP contribution in [0.2, 0.25) is 0 Å². The first-order valence-corrected chi connectivity index (χ1v) is 7.37. The second kappa shape index (κ2) is 6.99. The zero-order valence-electron chi connectivity index (χ0n) is 11.6. The fourth-order valence-electron chi connectivity index (χ4n) is 3.15. The summed E-state index contributed by atoms with van der Waals surface area (Å²) in [4.78, 5) is 0. The summed E-state index contributed by atoms with van der Waals surface area (Å²) in [5.41, 5.74) is 0.490. The van der Waals surface area contributed by atoms with Gasteiger partial charge in [0.05, 0.1) is 0 Å². The highest BCUT2D eigenvalue weighted by molar-refractivity contribution is 5.20. The number of hydrogen-bond donors (Lipinski definition) is 1. The maximum absolute atomic E-state index is 13.7. The molecular weight excluding hydrogens is 244 g/mol. The summed E-state index contributed by atoms with van der Waals surface area (Å²) in [6.45, 7) is 2.93. The smallest absolute Gasteiger partial charge is 0.162 e. The van der Waals surface area contributed by atoms with E-state index in [0.717, 1.165) is 18.9 Å². The maximum atomic E-state index is 13.7. The lowest BCUT2D eigenvalue weighted by atomic mass is 9.93. The summed E-state index contributed by atoms with van der Waals surface area (Å²) in [6.07, 6.45) is 6.86. The second-order valence-corrected chi connectivity index (χ2v) is 5.56. The Hall–Kier alpha value is -0.960. The van der Waals surface area contributed by atoms with Crippen molar-refractivity contribution in [3.05, 3.63) is 35.4 Å². The summed E-state index contributed by atoms with van der Waals surface area (Å²) < 4.78 is 26.9. The van der Waals surface area contributed by atoms with E-state index < -0.39 is 11.6 Å². The Morgan fingerprint density at radius 3 is 2.68 bits per heavy atom. The van der Waals surface area contributed by atoms with Crippen LogP contribution in [0.15, 0.2) is 18.2 Å². The molecule has 1 N–H and O–H groups in total. The van der Waals surface area contributed by atoms with Crippen LogP contribution in [-0.2, 0) is 6.42 Å². The lowest BCUT2D eigenvalue weighted by Gasteiger charge is -2.21. The summed E-state index contributed by atoms with van der Waals surface area (Å²) in [6, 6.07) is 4.71. The maximum Gasteiger partial charge on any atom is 0.162 e. The highest BCUT2D eigenvalue weighted by Gasteiger charge is 2.21. The van der Waals surface area contributed by atoms with Crippen molar-refractivity contribution in [3.8, 4) is 0 Å². The summed E-state index contributed by atoms with van der Waals surface area (Å²) in [5, 5.41) is 3.42. The van der Waals surface area contributed by atoms with Crippen molar-refractivity contribution in [2.75, 3.05) is 6.54 Å². The topological polar surface area (TPSA) is 12.0 Å². The van der Waals surface area contributed by atoms with Crippen LogP contribution in [0.1, 0.15) is 44.6 Å². The first-order valence-electron chi connectivity index (χ1n) is 7.37. The van der Waals surface area contributed by atoms with E-state index in [0.29, 0.717) is 12.0 Å². The number of hydrogen-bond acceptors (Lipinski definition) is 1. The molecule has 1 aliphatic carbocycles. The van der Waals surface area contributed by atoms with Gasteiger partial charge in [-0.1, -0.05) is 44.7 Å². The highest BCUT2D eigenvalue weighted by Crippen LogP contribution is 2.29. The van der Waals surface area contributed by atoms with E-state index in [1.165, 1.54) is 31.7 Å². The lowest BCUT2D eigenvalue weighted by Crippen LogP contribution is -2.33. The average molecular weight is 267 g/mol. The normalized spacial score (nSPS) is 17.8. The Morgan fingerprint density at radius 1 is 1.26 bits per heavy atom. The minimum atomic E-state index is -0.742. The zero-order chi connectivity index (χ0) is 13.7. The fourth-order valence-corrected chi connectivity index (χ4v) is 3.15. The molecule has 1 aliphatic rings. The molecule has 2 rings (SSSR count).